The Labute approximate surface area is 123 Å². The van der Waals surface area contributed by atoms with E-state index >= 15 is 0 Å². The van der Waals surface area contributed by atoms with E-state index in [1.807, 2.05) is 0 Å². The maximum atomic E-state index is 11.9. The lowest BCUT2D eigenvalue weighted by Gasteiger charge is -2.28. The maximum Gasteiger partial charge on any atom is 0.433 e. The molecule has 0 aromatic carbocycles. The van der Waals surface area contributed by atoms with Crippen LogP contribution >= 0.6 is 0 Å². The van der Waals surface area contributed by atoms with Gasteiger partial charge in [-0.1, -0.05) is 12.0 Å². The van der Waals surface area contributed by atoms with Gasteiger partial charge in [0, 0.05) is 10.6 Å². The van der Waals surface area contributed by atoms with Crippen molar-refractivity contribution in [1.82, 2.24) is 4.98 Å². The number of nitrogens with zero attached hydrogens (tertiary/aromatic N) is 1. The Morgan fingerprint density at radius 1 is 1.36 bits per heavy atom. The van der Waals surface area contributed by atoms with E-state index in [-0.39, 0.29) is 0 Å². The fourth-order valence-electron chi connectivity index (χ4n) is 1.55. The smallest absolute Gasteiger partial charge is 0.390 e. The van der Waals surface area contributed by atoms with Gasteiger partial charge in [-0.25, -0.2) is 4.98 Å². The molecule has 9 heteroatoms. The van der Waals surface area contributed by atoms with Crippen molar-refractivity contribution in [3.8, 4) is 18.2 Å². The van der Waals surface area contributed by atoms with Gasteiger partial charge < -0.3 is 14.9 Å². The lowest BCUT2D eigenvalue weighted by atomic mass is 10.0. The normalized spacial score (nSPS) is 24.7. The second-order valence-corrected chi connectivity index (χ2v) is 4.24. The largest absolute Gasteiger partial charge is 0.433 e. The first-order valence-corrected chi connectivity index (χ1v) is 6.06. The standard InChI is InChI=1S/C7H10O3.C6H3F4NO/c1-2-6-7(9)5(8)3-4-10-6;7-6(8,9)4-2-1-3-5(11-4)12-10/h1,5-9H,3-4H2;1-3H. The van der Waals surface area contributed by atoms with Crippen LogP contribution in [0.25, 0.3) is 0 Å². The lowest BCUT2D eigenvalue weighted by Crippen LogP contribution is -2.43. The molecule has 2 N–H and O–H groups in total. The number of rotatable bonds is 1. The summed E-state index contributed by atoms with van der Waals surface area (Å²) in [6, 6.07) is 2.71. The van der Waals surface area contributed by atoms with Crippen LogP contribution in [0.5, 0.6) is 5.88 Å². The third kappa shape index (κ3) is 5.14. The summed E-state index contributed by atoms with van der Waals surface area (Å²) in [4.78, 5) is 5.88. The van der Waals surface area contributed by atoms with Gasteiger partial charge in [0.2, 0.25) is 0 Å². The molecule has 1 saturated heterocycles. The molecule has 0 radical (unpaired) electrons. The summed E-state index contributed by atoms with van der Waals surface area (Å²) in [5, 5.41) is 18.2. The van der Waals surface area contributed by atoms with Gasteiger partial charge in [-0.05, 0) is 12.5 Å². The Hall–Kier alpha value is -1.89. The highest BCUT2D eigenvalue weighted by Crippen LogP contribution is 2.28. The first-order chi connectivity index (χ1) is 10.3. The summed E-state index contributed by atoms with van der Waals surface area (Å²) < 4.78 is 51.9. The molecule has 1 aromatic rings. The molecule has 0 aliphatic carbocycles. The number of terminal acetylenes is 1. The van der Waals surface area contributed by atoms with Crippen molar-refractivity contribution in [2.75, 3.05) is 6.61 Å². The fourth-order valence-corrected chi connectivity index (χ4v) is 1.55. The summed E-state index contributed by atoms with van der Waals surface area (Å²) in [7, 11) is 0. The number of hydrogen-bond donors (Lipinski definition) is 2. The highest BCUT2D eigenvalue weighted by atomic mass is 19.4. The van der Waals surface area contributed by atoms with Gasteiger partial charge in [0.15, 0.2) is 0 Å². The van der Waals surface area contributed by atoms with Gasteiger partial charge in [-0.15, -0.1) is 6.42 Å². The van der Waals surface area contributed by atoms with E-state index in [4.69, 9.17) is 21.4 Å². The minimum absolute atomic E-state index is 0.424. The number of aliphatic hydroxyl groups is 2. The quantitative estimate of drug-likeness (QED) is 0.605. The van der Waals surface area contributed by atoms with E-state index in [1.54, 1.807) is 0 Å². The molecule has 0 bridgehead atoms. The van der Waals surface area contributed by atoms with Crippen molar-refractivity contribution in [2.24, 2.45) is 0 Å². The summed E-state index contributed by atoms with van der Waals surface area (Å²) in [5.41, 5.74) is -1.18. The van der Waals surface area contributed by atoms with Crippen molar-refractivity contribution < 1.29 is 37.6 Å². The van der Waals surface area contributed by atoms with Gasteiger partial charge in [-0.2, -0.15) is 13.2 Å². The van der Waals surface area contributed by atoms with E-state index in [1.165, 1.54) is 0 Å². The predicted molar refractivity (Wildman–Crippen MR) is 66.2 cm³/mol. The Balaban J connectivity index is 0.000000224. The van der Waals surface area contributed by atoms with Crippen LogP contribution in [0.1, 0.15) is 12.1 Å². The Morgan fingerprint density at radius 3 is 2.55 bits per heavy atom. The number of halogens is 4. The number of pyridine rings is 1. The van der Waals surface area contributed by atoms with Crippen LogP contribution in [0.15, 0.2) is 18.2 Å². The zero-order valence-electron chi connectivity index (χ0n) is 11.1. The SMILES string of the molecule is C#CC1OCCC(O)C1O.FOc1cccc(C(F)(F)F)n1. The lowest BCUT2D eigenvalue weighted by molar-refractivity contribution is -0.142. The molecule has 0 saturated carbocycles. The van der Waals surface area contributed by atoms with Crippen molar-refractivity contribution in [3.63, 3.8) is 0 Å². The third-order valence-electron chi connectivity index (χ3n) is 2.67. The van der Waals surface area contributed by atoms with Gasteiger partial charge in [0.05, 0.1) is 12.7 Å². The van der Waals surface area contributed by atoms with Crippen LogP contribution in [0.4, 0.5) is 17.7 Å². The number of aromatic nitrogens is 1. The van der Waals surface area contributed by atoms with Crippen LogP contribution < -0.4 is 4.94 Å². The second-order valence-electron chi connectivity index (χ2n) is 4.24. The molecule has 122 valence electrons. The van der Waals surface area contributed by atoms with E-state index in [0.29, 0.717) is 13.0 Å². The topological polar surface area (TPSA) is 71.8 Å². The molecule has 3 unspecified atom stereocenters. The van der Waals surface area contributed by atoms with Gasteiger partial charge >= 0.3 is 6.18 Å². The zero-order valence-corrected chi connectivity index (χ0v) is 11.1. The van der Waals surface area contributed by atoms with Crippen LogP contribution in [-0.2, 0) is 10.9 Å². The molecule has 1 aliphatic rings. The molecular weight excluding hydrogens is 310 g/mol. The Morgan fingerprint density at radius 2 is 2.05 bits per heavy atom. The molecular formula is C13H13F4NO4. The highest BCUT2D eigenvalue weighted by Gasteiger charge is 2.32. The molecule has 2 rings (SSSR count). The van der Waals surface area contributed by atoms with Gasteiger partial charge in [0.1, 0.15) is 17.9 Å². The average molecular weight is 323 g/mol. The minimum Gasteiger partial charge on any atom is -0.390 e. The van der Waals surface area contributed by atoms with Gasteiger partial charge in [0.25, 0.3) is 5.88 Å². The molecule has 1 fully saturated rings. The van der Waals surface area contributed by atoms with Crippen molar-refractivity contribution in [2.45, 2.75) is 30.9 Å². The van der Waals surface area contributed by atoms with Crippen LogP contribution in [-0.4, -0.2) is 40.1 Å². The fraction of sp³-hybridized carbons (Fsp3) is 0.462. The third-order valence-corrected chi connectivity index (χ3v) is 2.67. The Kier molecular flexibility index (Phi) is 6.55. The summed E-state index contributed by atoms with van der Waals surface area (Å²) in [5.74, 6) is 1.55. The molecule has 22 heavy (non-hydrogen) atoms. The average Bonchev–Trinajstić information content (AvgIpc) is 2.50. The second kappa shape index (κ2) is 7.93. The van der Waals surface area contributed by atoms with Crippen molar-refractivity contribution in [3.05, 3.63) is 23.9 Å². The molecule has 5 nitrogen and oxygen atoms in total. The zero-order chi connectivity index (χ0) is 16.8. The molecule has 3 atom stereocenters. The van der Waals surface area contributed by atoms with Crippen LogP contribution in [0.3, 0.4) is 0 Å². The minimum atomic E-state index is -4.57. The number of hydrogen-bond acceptors (Lipinski definition) is 5. The van der Waals surface area contributed by atoms with Crippen LogP contribution in [0.2, 0.25) is 0 Å². The number of aliphatic hydroxyl groups excluding tert-OH is 2. The van der Waals surface area contributed by atoms with Crippen molar-refractivity contribution in [1.29, 1.82) is 0 Å². The van der Waals surface area contributed by atoms with E-state index < -0.39 is 36.1 Å². The molecule has 0 amide bonds. The van der Waals surface area contributed by atoms with Crippen molar-refractivity contribution >= 4 is 0 Å². The van der Waals surface area contributed by atoms with Crippen LogP contribution in [0, 0.1) is 12.3 Å². The molecule has 0 spiro atoms. The summed E-state index contributed by atoms with van der Waals surface area (Å²) in [6.45, 7) is 0.424. The van der Waals surface area contributed by atoms with E-state index in [0.717, 1.165) is 18.2 Å². The number of ether oxygens (including phenoxy) is 1. The molecule has 1 aliphatic heterocycles. The molecule has 2 heterocycles. The number of alkyl halides is 3. The first kappa shape index (κ1) is 18.2. The van der Waals surface area contributed by atoms with E-state index in [9.17, 15) is 17.7 Å². The van der Waals surface area contributed by atoms with E-state index in [2.05, 4.69) is 15.8 Å². The summed E-state index contributed by atoms with van der Waals surface area (Å²) in [6.07, 6.45) is -1.39. The molecule has 1 aromatic heterocycles. The maximum absolute atomic E-state index is 11.9. The first-order valence-electron chi connectivity index (χ1n) is 6.06. The Bertz CT molecular complexity index is 517. The van der Waals surface area contributed by atoms with Gasteiger partial charge in [-0.3, -0.25) is 4.94 Å². The monoisotopic (exact) mass is 323 g/mol. The summed E-state index contributed by atoms with van der Waals surface area (Å²) >= 11 is 0. The highest BCUT2D eigenvalue weighted by molar-refractivity contribution is 5.17. The predicted octanol–water partition coefficient (Wildman–Crippen LogP) is 1.49.